The maximum atomic E-state index is 13.7. The summed E-state index contributed by atoms with van der Waals surface area (Å²) >= 11 is 0. The van der Waals surface area contributed by atoms with E-state index in [2.05, 4.69) is 86.0 Å². The fourth-order valence-electron chi connectivity index (χ4n) is 5.62. The van der Waals surface area contributed by atoms with E-state index in [0.717, 1.165) is 44.7 Å². The Kier molecular flexibility index (Phi) is 8.47. The summed E-state index contributed by atoms with van der Waals surface area (Å²) in [4.78, 5) is 13.7. The fourth-order valence-corrected chi connectivity index (χ4v) is 5.62. The zero-order valence-electron chi connectivity index (χ0n) is 26.1. The average molecular weight is 588 g/mol. The average Bonchev–Trinajstić information content (AvgIpc) is 3.80. The molecule has 0 saturated heterocycles. The molecule has 5 heteroatoms. The quantitative estimate of drug-likeness (QED) is 0.145. The zero-order chi connectivity index (χ0) is 30.7. The van der Waals surface area contributed by atoms with Gasteiger partial charge in [-0.25, -0.2) is 4.79 Å². The predicted octanol–water partition coefficient (Wildman–Crippen LogP) is 9.20. The second-order valence-corrected chi connectivity index (χ2v) is 12.7. The highest BCUT2D eigenvalue weighted by Crippen LogP contribution is 2.38. The van der Waals surface area contributed by atoms with Crippen LogP contribution in [-0.2, 0) is 23.3 Å². The van der Waals surface area contributed by atoms with Gasteiger partial charge in [0.1, 0.15) is 23.8 Å². The van der Waals surface area contributed by atoms with Crippen LogP contribution >= 0.6 is 0 Å². The summed E-state index contributed by atoms with van der Waals surface area (Å²) in [6, 6.07) is 33.0. The van der Waals surface area contributed by atoms with Crippen LogP contribution in [0.4, 0.5) is 0 Å². The molecule has 0 aliphatic heterocycles. The molecule has 1 heterocycles. The highest BCUT2D eigenvalue weighted by molar-refractivity contribution is 6.08. The summed E-state index contributed by atoms with van der Waals surface area (Å²) in [5.74, 6) is 1.82. The van der Waals surface area contributed by atoms with Crippen molar-refractivity contribution in [2.45, 2.75) is 59.1 Å². The van der Waals surface area contributed by atoms with Gasteiger partial charge >= 0.3 is 5.97 Å². The summed E-state index contributed by atoms with van der Waals surface area (Å²) in [5, 5.41) is 1.01. The lowest BCUT2D eigenvalue weighted by molar-refractivity contribution is 0.0516. The number of benzene rings is 4. The maximum absolute atomic E-state index is 13.7. The van der Waals surface area contributed by atoms with Crippen molar-refractivity contribution in [3.63, 3.8) is 0 Å². The van der Waals surface area contributed by atoms with Crippen LogP contribution in [0.25, 0.3) is 22.0 Å². The summed E-state index contributed by atoms with van der Waals surface area (Å²) < 4.78 is 20.3. The van der Waals surface area contributed by atoms with Crippen LogP contribution in [0.5, 0.6) is 11.5 Å². The van der Waals surface area contributed by atoms with Crippen LogP contribution in [0, 0.1) is 5.92 Å². The van der Waals surface area contributed by atoms with Gasteiger partial charge in [-0.3, -0.25) is 0 Å². The van der Waals surface area contributed by atoms with Crippen molar-refractivity contribution in [3.8, 4) is 22.6 Å². The van der Waals surface area contributed by atoms with E-state index < -0.39 is 0 Å². The molecule has 0 spiro atoms. The minimum absolute atomic E-state index is 0.0311. The van der Waals surface area contributed by atoms with Crippen LogP contribution < -0.4 is 9.47 Å². The van der Waals surface area contributed by atoms with Gasteiger partial charge in [0.2, 0.25) is 0 Å². The minimum atomic E-state index is -0.333. The number of hydrogen-bond donors (Lipinski definition) is 0. The fraction of sp³-hybridized carbons (Fsp3) is 0.308. The molecule has 0 unspecified atom stereocenters. The van der Waals surface area contributed by atoms with Crippen LogP contribution in [0.3, 0.4) is 0 Å². The Balaban J connectivity index is 1.43. The third-order valence-electron chi connectivity index (χ3n) is 8.19. The van der Waals surface area contributed by atoms with E-state index in [1.807, 2.05) is 43.3 Å². The van der Waals surface area contributed by atoms with E-state index in [0.29, 0.717) is 38.0 Å². The number of ether oxygens (including phenoxy) is 3. The SMILES string of the molecule is CCOC(=O)c1c(-c2ccc(C(C)(C)C)cc2)c2ccccc2n1Cc1cc(OCc2ccccc2)cc(OCC2CC2)c1. The van der Waals surface area contributed by atoms with Crippen molar-refractivity contribution in [2.75, 3.05) is 13.2 Å². The van der Waals surface area contributed by atoms with E-state index in [1.54, 1.807) is 0 Å². The van der Waals surface area contributed by atoms with Crippen LogP contribution in [0.1, 0.15) is 67.7 Å². The molecule has 4 aromatic carbocycles. The molecule has 1 aliphatic rings. The molecule has 0 radical (unpaired) electrons. The number of fused-ring (bicyclic) bond motifs is 1. The topological polar surface area (TPSA) is 49.7 Å². The molecular formula is C39H41NO4. The number of aromatic nitrogens is 1. The third kappa shape index (κ3) is 6.67. The molecule has 44 heavy (non-hydrogen) atoms. The largest absolute Gasteiger partial charge is 0.493 e. The number of esters is 1. The molecule has 1 aromatic heterocycles. The summed E-state index contributed by atoms with van der Waals surface area (Å²) in [6.45, 7) is 10.4. The second-order valence-electron chi connectivity index (χ2n) is 12.7. The van der Waals surface area contributed by atoms with Crippen LogP contribution in [0.15, 0.2) is 97.1 Å². The molecule has 0 amide bonds. The highest BCUT2D eigenvalue weighted by atomic mass is 16.5. The molecule has 5 nitrogen and oxygen atoms in total. The number of carbonyl (C=O) groups excluding carboxylic acids is 1. The lowest BCUT2D eigenvalue weighted by Crippen LogP contribution is -2.14. The van der Waals surface area contributed by atoms with E-state index >= 15 is 0 Å². The van der Waals surface area contributed by atoms with Gasteiger partial charge in [-0.2, -0.15) is 0 Å². The molecule has 5 aromatic rings. The summed E-state index contributed by atoms with van der Waals surface area (Å²) in [5.41, 5.74) is 6.76. The number of carbonyl (C=O) groups is 1. The molecule has 1 fully saturated rings. The van der Waals surface area contributed by atoms with Crippen molar-refractivity contribution >= 4 is 16.9 Å². The first-order chi connectivity index (χ1) is 21.3. The minimum Gasteiger partial charge on any atom is -0.493 e. The smallest absolute Gasteiger partial charge is 0.355 e. The van der Waals surface area contributed by atoms with Gasteiger partial charge in [-0.05, 0) is 71.6 Å². The molecule has 0 atom stereocenters. The second kappa shape index (κ2) is 12.6. The van der Waals surface area contributed by atoms with Crippen molar-refractivity contribution < 1.29 is 19.0 Å². The van der Waals surface area contributed by atoms with Crippen molar-refractivity contribution in [1.29, 1.82) is 0 Å². The van der Waals surface area contributed by atoms with Gasteiger partial charge in [-0.15, -0.1) is 0 Å². The number of hydrogen-bond acceptors (Lipinski definition) is 4. The van der Waals surface area contributed by atoms with E-state index in [1.165, 1.54) is 18.4 Å². The molecule has 6 rings (SSSR count). The first-order valence-corrected chi connectivity index (χ1v) is 15.6. The Morgan fingerprint density at radius 1 is 0.818 bits per heavy atom. The Bertz CT molecular complexity index is 1740. The van der Waals surface area contributed by atoms with Gasteiger partial charge in [0.05, 0.1) is 13.2 Å². The molecule has 1 saturated carbocycles. The van der Waals surface area contributed by atoms with Crippen LogP contribution in [0.2, 0.25) is 0 Å². The van der Waals surface area contributed by atoms with E-state index in [9.17, 15) is 4.79 Å². The predicted molar refractivity (Wildman–Crippen MR) is 177 cm³/mol. The lowest BCUT2D eigenvalue weighted by Gasteiger charge is -2.19. The Hall–Kier alpha value is -4.51. The van der Waals surface area contributed by atoms with Gasteiger partial charge in [-0.1, -0.05) is 93.6 Å². The molecule has 1 aliphatic carbocycles. The standard InChI is InChI=1S/C39H41NO4/c1-5-42-38(41)37-36(30-17-19-31(20-18-30)39(2,3)4)34-13-9-10-14-35(34)40(37)24-29-21-32(43-25-27-11-7-6-8-12-27)23-33(22-29)44-26-28-15-16-28/h6-14,17-23,28H,5,15-16,24-26H2,1-4H3. The molecule has 226 valence electrons. The third-order valence-corrected chi connectivity index (χ3v) is 8.19. The number of rotatable bonds is 11. The molecule has 0 bridgehead atoms. The monoisotopic (exact) mass is 587 g/mol. The van der Waals surface area contributed by atoms with Gasteiger partial charge < -0.3 is 18.8 Å². The number of nitrogens with zero attached hydrogens (tertiary/aromatic N) is 1. The van der Waals surface area contributed by atoms with Gasteiger partial charge in [0.25, 0.3) is 0 Å². The highest BCUT2D eigenvalue weighted by Gasteiger charge is 2.26. The van der Waals surface area contributed by atoms with Crippen molar-refractivity contribution in [2.24, 2.45) is 5.92 Å². The Labute approximate surface area is 260 Å². The first kappa shape index (κ1) is 29.6. The van der Waals surface area contributed by atoms with Crippen LogP contribution in [-0.4, -0.2) is 23.8 Å². The molecule has 0 N–H and O–H groups in total. The van der Waals surface area contributed by atoms with Crippen molar-refractivity contribution in [1.82, 2.24) is 4.57 Å². The summed E-state index contributed by atoms with van der Waals surface area (Å²) in [7, 11) is 0. The molecular weight excluding hydrogens is 546 g/mol. The van der Waals surface area contributed by atoms with E-state index in [4.69, 9.17) is 14.2 Å². The first-order valence-electron chi connectivity index (χ1n) is 15.6. The Morgan fingerprint density at radius 2 is 1.50 bits per heavy atom. The lowest BCUT2D eigenvalue weighted by atomic mass is 9.86. The van der Waals surface area contributed by atoms with E-state index in [-0.39, 0.29) is 11.4 Å². The van der Waals surface area contributed by atoms with Gasteiger partial charge in [0.15, 0.2) is 0 Å². The zero-order valence-corrected chi connectivity index (χ0v) is 26.1. The normalized spacial score (nSPS) is 13.2. The number of para-hydroxylation sites is 1. The maximum Gasteiger partial charge on any atom is 0.355 e. The Morgan fingerprint density at radius 3 is 2.18 bits per heavy atom. The van der Waals surface area contributed by atoms with Crippen molar-refractivity contribution in [3.05, 3.63) is 119 Å². The van der Waals surface area contributed by atoms with Gasteiger partial charge in [0, 0.05) is 29.1 Å². The summed E-state index contributed by atoms with van der Waals surface area (Å²) in [6.07, 6.45) is 2.43.